The van der Waals surface area contributed by atoms with E-state index in [2.05, 4.69) is 14.8 Å². The normalized spacial score (nSPS) is 23.0. The summed E-state index contributed by atoms with van der Waals surface area (Å²) in [6, 6.07) is 5.94. The van der Waals surface area contributed by atoms with E-state index in [0.717, 1.165) is 75.5 Å². The summed E-state index contributed by atoms with van der Waals surface area (Å²) in [6.45, 7) is 7.34. The Morgan fingerprint density at radius 1 is 1.07 bits per heavy atom. The van der Waals surface area contributed by atoms with E-state index in [-0.39, 0.29) is 0 Å². The Kier molecular flexibility index (Phi) is 4.76. The van der Waals surface area contributed by atoms with Crippen molar-refractivity contribution < 1.29 is 4.74 Å². The lowest BCUT2D eigenvalue weighted by molar-refractivity contribution is 0.164. The first-order chi connectivity index (χ1) is 13.4. The topological polar surface area (TPSA) is 54.4 Å². The third-order valence-corrected chi connectivity index (χ3v) is 6.02. The highest BCUT2D eigenvalue weighted by atomic mass is 16.5. The highest BCUT2D eigenvalue weighted by Gasteiger charge is 2.27. The molecule has 0 saturated carbocycles. The molecule has 0 aromatic carbocycles. The fourth-order valence-corrected chi connectivity index (χ4v) is 4.52. The molecule has 27 heavy (non-hydrogen) atoms. The molecular formula is C21H27N5O. The van der Waals surface area contributed by atoms with Crippen molar-refractivity contribution in [1.29, 1.82) is 0 Å². The summed E-state index contributed by atoms with van der Waals surface area (Å²) in [6.07, 6.45) is 6.38. The van der Waals surface area contributed by atoms with Crippen molar-refractivity contribution in [1.82, 2.24) is 19.9 Å². The molecule has 2 aromatic heterocycles. The van der Waals surface area contributed by atoms with Crippen molar-refractivity contribution in [2.75, 3.05) is 50.8 Å². The van der Waals surface area contributed by atoms with E-state index < -0.39 is 0 Å². The lowest BCUT2D eigenvalue weighted by atomic mass is 10.1. The van der Waals surface area contributed by atoms with E-state index in [1.807, 2.05) is 24.4 Å². The van der Waals surface area contributed by atoms with Crippen LogP contribution in [0.4, 0.5) is 5.82 Å². The van der Waals surface area contributed by atoms with Crippen LogP contribution in [0.2, 0.25) is 0 Å². The number of rotatable bonds is 4. The zero-order valence-corrected chi connectivity index (χ0v) is 15.8. The Balaban J connectivity index is 1.35. The van der Waals surface area contributed by atoms with Crippen LogP contribution in [0.5, 0.6) is 0 Å². The van der Waals surface area contributed by atoms with E-state index in [9.17, 15) is 0 Å². The quantitative estimate of drug-likeness (QED) is 0.828. The van der Waals surface area contributed by atoms with Gasteiger partial charge in [0.2, 0.25) is 0 Å². The molecular weight excluding hydrogens is 338 g/mol. The van der Waals surface area contributed by atoms with Crippen LogP contribution < -0.4 is 4.90 Å². The number of piperazine rings is 1. The van der Waals surface area contributed by atoms with Crippen LogP contribution in [0, 0.1) is 5.92 Å². The second-order valence-corrected chi connectivity index (χ2v) is 7.88. The van der Waals surface area contributed by atoms with Crippen LogP contribution in [0.15, 0.2) is 24.4 Å². The van der Waals surface area contributed by atoms with Gasteiger partial charge in [-0.25, -0.2) is 9.97 Å². The van der Waals surface area contributed by atoms with E-state index in [0.29, 0.717) is 0 Å². The molecule has 2 saturated heterocycles. The lowest BCUT2D eigenvalue weighted by Gasteiger charge is -2.37. The summed E-state index contributed by atoms with van der Waals surface area (Å²) in [5.74, 6) is 2.65. The van der Waals surface area contributed by atoms with Gasteiger partial charge in [0.05, 0.1) is 6.61 Å². The minimum atomic E-state index is 0.718. The van der Waals surface area contributed by atoms with Crippen molar-refractivity contribution in [3.63, 3.8) is 0 Å². The van der Waals surface area contributed by atoms with Crippen LogP contribution in [-0.4, -0.2) is 65.8 Å². The number of fused-ring (bicyclic) bond motifs is 1. The van der Waals surface area contributed by atoms with Crippen LogP contribution >= 0.6 is 0 Å². The monoisotopic (exact) mass is 365 g/mol. The Bertz CT molecular complexity index is 783. The summed E-state index contributed by atoms with van der Waals surface area (Å²) >= 11 is 0. The van der Waals surface area contributed by atoms with Gasteiger partial charge in [0.15, 0.2) is 5.82 Å². The largest absolute Gasteiger partial charge is 0.381 e. The molecule has 6 heteroatoms. The van der Waals surface area contributed by atoms with Crippen molar-refractivity contribution >= 4 is 5.82 Å². The predicted molar refractivity (Wildman–Crippen MR) is 105 cm³/mol. The van der Waals surface area contributed by atoms with Gasteiger partial charge in [0, 0.05) is 56.8 Å². The number of ether oxygens (including phenoxy) is 1. The van der Waals surface area contributed by atoms with Crippen LogP contribution in [0.25, 0.3) is 11.5 Å². The standard InChI is InChI=1S/C21H27N5O/c1-2-8-22-19(5-1)20-23-18-6-3-4-17(18)21(24-20)26-11-9-25(10-12-26)14-16-7-13-27-15-16/h1-2,5,8,16H,3-4,6-7,9-15H2. The maximum Gasteiger partial charge on any atom is 0.180 e. The summed E-state index contributed by atoms with van der Waals surface area (Å²) in [7, 11) is 0. The first kappa shape index (κ1) is 17.1. The molecule has 142 valence electrons. The number of anilines is 1. The lowest BCUT2D eigenvalue weighted by Crippen LogP contribution is -2.48. The number of aromatic nitrogens is 3. The van der Waals surface area contributed by atoms with Gasteiger partial charge in [-0.1, -0.05) is 6.07 Å². The molecule has 1 aliphatic carbocycles. The second kappa shape index (κ2) is 7.52. The van der Waals surface area contributed by atoms with Crippen molar-refractivity contribution in [3.8, 4) is 11.5 Å². The zero-order valence-electron chi connectivity index (χ0n) is 15.8. The Morgan fingerprint density at radius 3 is 2.78 bits per heavy atom. The Hall–Kier alpha value is -2.05. The van der Waals surface area contributed by atoms with E-state index >= 15 is 0 Å². The van der Waals surface area contributed by atoms with E-state index in [4.69, 9.17) is 14.7 Å². The third-order valence-electron chi connectivity index (χ3n) is 6.02. The molecule has 0 spiro atoms. The molecule has 5 rings (SSSR count). The highest BCUT2D eigenvalue weighted by molar-refractivity contribution is 5.59. The predicted octanol–water partition coefficient (Wildman–Crippen LogP) is 2.19. The SMILES string of the molecule is c1ccc(-c2nc3c(c(N4CCN(CC5CCOC5)CC4)n2)CCC3)nc1. The molecule has 1 unspecified atom stereocenters. The van der Waals surface area contributed by atoms with Crippen LogP contribution in [0.1, 0.15) is 24.1 Å². The molecule has 2 aliphatic heterocycles. The molecule has 0 radical (unpaired) electrons. The Morgan fingerprint density at radius 2 is 2.00 bits per heavy atom. The van der Waals surface area contributed by atoms with Crippen LogP contribution in [0.3, 0.4) is 0 Å². The minimum Gasteiger partial charge on any atom is -0.381 e. The smallest absolute Gasteiger partial charge is 0.180 e. The van der Waals surface area contributed by atoms with Gasteiger partial charge >= 0.3 is 0 Å². The summed E-state index contributed by atoms with van der Waals surface area (Å²) in [5.41, 5.74) is 3.46. The molecule has 2 fully saturated rings. The molecule has 6 nitrogen and oxygen atoms in total. The average Bonchev–Trinajstić information content (AvgIpc) is 3.40. The first-order valence-corrected chi connectivity index (χ1v) is 10.2. The van der Waals surface area contributed by atoms with Crippen LogP contribution in [-0.2, 0) is 17.6 Å². The third kappa shape index (κ3) is 3.56. The molecule has 0 N–H and O–H groups in total. The first-order valence-electron chi connectivity index (χ1n) is 10.2. The van der Waals surface area contributed by atoms with Crippen molar-refractivity contribution in [2.45, 2.75) is 25.7 Å². The van der Waals surface area contributed by atoms with Gasteiger partial charge in [-0.15, -0.1) is 0 Å². The summed E-state index contributed by atoms with van der Waals surface area (Å²) in [5, 5.41) is 0. The van der Waals surface area contributed by atoms with Gasteiger partial charge < -0.3 is 9.64 Å². The average molecular weight is 365 g/mol. The second-order valence-electron chi connectivity index (χ2n) is 7.88. The summed E-state index contributed by atoms with van der Waals surface area (Å²) in [4.78, 5) is 19.4. The fraction of sp³-hybridized carbons (Fsp3) is 0.571. The van der Waals surface area contributed by atoms with E-state index in [1.165, 1.54) is 30.6 Å². The number of hydrogen-bond donors (Lipinski definition) is 0. The maximum absolute atomic E-state index is 5.53. The fourth-order valence-electron chi connectivity index (χ4n) is 4.52. The molecule has 2 aromatic rings. The molecule has 1 atom stereocenters. The minimum absolute atomic E-state index is 0.718. The van der Waals surface area contributed by atoms with Gasteiger partial charge in [0.25, 0.3) is 0 Å². The number of pyridine rings is 1. The number of aryl methyl sites for hydroxylation is 1. The zero-order chi connectivity index (χ0) is 18.1. The molecule has 0 bridgehead atoms. The Labute approximate surface area is 160 Å². The number of nitrogens with zero attached hydrogens (tertiary/aromatic N) is 5. The van der Waals surface area contributed by atoms with Gasteiger partial charge in [-0.3, -0.25) is 9.88 Å². The van der Waals surface area contributed by atoms with Gasteiger partial charge in [0.1, 0.15) is 11.5 Å². The van der Waals surface area contributed by atoms with E-state index in [1.54, 1.807) is 0 Å². The summed E-state index contributed by atoms with van der Waals surface area (Å²) < 4.78 is 5.53. The molecule has 3 aliphatic rings. The van der Waals surface area contributed by atoms with Gasteiger partial charge in [-0.05, 0) is 43.7 Å². The highest BCUT2D eigenvalue weighted by Crippen LogP contribution is 2.31. The molecule has 4 heterocycles. The van der Waals surface area contributed by atoms with Crippen molar-refractivity contribution in [3.05, 3.63) is 35.7 Å². The maximum atomic E-state index is 5.53. The number of hydrogen-bond acceptors (Lipinski definition) is 6. The van der Waals surface area contributed by atoms with Gasteiger partial charge in [-0.2, -0.15) is 0 Å². The van der Waals surface area contributed by atoms with Crippen molar-refractivity contribution in [2.24, 2.45) is 5.92 Å². The molecule has 0 amide bonds.